The van der Waals surface area contributed by atoms with Crippen molar-refractivity contribution < 1.29 is 4.79 Å². The zero-order valence-electron chi connectivity index (χ0n) is 14.7. The van der Waals surface area contributed by atoms with Crippen LogP contribution in [0.1, 0.15) is 25.7 Å². The number of rotatable bonds is 6. The van der Waals surface area contributed by atoms with E-state index < -0.39 is 0 Å². The van der Waals surface area contributed by atoms with E-state index in [9.17, 15) is 4.79 Å². The summed E-state index contributed by atoms with van der Waals surface area (Å²) < 4.78 is 0. The summed E-state index contributed by atoms with van der Waals surface area (Å²) in [6, 6.07) is 5.91. The first kappa shape index (κ1) is 17.5. The second-order valence-corrected chi connectivity index (χ2v) is 6.76. The lowest BCUT2D eigenvalue weighted by Crippen LogP contribution is -2.49. The first-order chi connectivity index (χ1) is 12.2. The van der Waals surface area contributed by atoms with Crippen LogP contribution in [0.4, 0.5) is 5.82 Å². The number of pyridine rings is 1. The van der Waals surface area contributed by atoms with E-state index in [1.807, 2.05) is 23.1 Å². The number of guanidine groups is 1. The first-order valence-corrected chi connectivity index (χ1v) is 9.20. The van der Waals surface area contributed by atoms with Crippen LogP contribution in [-0.4, -0.2) is 61.0 Å². The Morgan fingerprint density at radius 3 is 2.72 bits per heavy atom. The maximum absolute atomic E-state index is 12.3. The van der Waals surface area contributed by atoms with Gasteiger partial charge in [-0.25, -0.2) is 4.98 Å². The van der Waals surface area contributed by atoms with Gasteiger partial charge in [-0.2, -0.15) is 0 Å². The number of carbonyl (C=O) groups excluding carboxylic acids is 1. The zero-order chi connectivity index (χ0) is 17.5. The first-order valence-electron chi connectivity index (χ1n) is 9.20. The molecule has 2 fully saturated rings. The molecule has 0 aromatic carbocycles. The molecule has 25 heavy (non-hydrogen) atoms. The maximum atomic E-state index is 12.3. The lowest BCUT2D eigenvalue weighted by Gasteiger charge is -2.35. The van der Waals surface area contributed by atoms with Gasteiger partial charge in [0, 0.05) is 51.9 Å². The Labute approximate surface area is 149 Å². The van der Waals surface area contributed by atoms with Crippen molar-refractivity contribution in [2.45, 2.75) is 25.7 Å². The van der Waals surface area contributed by atoms with Gasteiger partial charge in [-0.3, -0.25) is 9.79 Å². The lowest BCUT2D eigenvalue weighted by molar-refractivity contribution is -0.131. The number of nitrogens with two attached hydrogens (primary N) is 1. The molecule has 136 valence electrons. The number of hydrogen-bond donors (Lipinski definition) is 2. The SMILES string of the molecule is NC(=NCC1CCC1)NCCC(=O)N1CCN(c2ccccn2)CC1. The monoisotopic (exact) mass is 344 g/mol. The molecule has 0 radical (unpaired) electrons. The van der Waals surface area contributed by atoms with Crippen LogP contribution in [0.25, 0.3) is 0 Å². The molecule has 0 unspecified atom stereocenters. The van der Waals surface area contributed by atoms with Gasteiger partial charge in [-0.1, -0.05) is 12.5 Å². The van der Waals surface area contributed by atoms with Crippen molar-refractivity contribution in [3.63, 3.8) is 0 Å². The van der Waals surface area contributed by atoms with Crippen LogP contribution >= 0.6 is 0 Å². The van der Waals surface area contributed by atoms with Gasteiger partial charge < -0.3 is 20.9 Å². The van der Waals surface area contributed by atoms with Crippen molar-refractivity contribution in [3.8, 4) is 0 Å². The minimum Gasteiger partial charge on any atom is -0.370 e. The van der Waals surface area contributed by atoms with Crippen LogP contribution in [0, 0.1) is 5.92 Å². The molecule has 1 aliphatic heterocycles. The number of aliphatic imine (C=N–C) groups is 1. The molecule has 1 aliphatic carbocycles. The average molecular weight is 344 g/mol. The third-order valence-corrected chi connectivity index (χ3v) is 5.00. The van der Waals surface area contributed by atoms with Gasteiger partial charge in [0.05, 0.1) is 0 Å². The molecule has 0 spiro atoms. The number of hydrogen-bond acceptors (Lipinski definition) is 4. The molecule has 3 rings (SSSR count). The predicted molar refractivity (Wildman–Crippen MR) is 99.5 cm³/mol. The summed E-state index contributed by atoms with van der Waals surface area (Å²) in [5.74, 6) is 2.31. The van der Waals surface area contributed by atoms with Crippen molar-refractivity contribution in [2.24, 2.45) is 16.6 Å². The third kappa shape index (κ3) is 5.08. The summed E-state index contributed by atoms with van der Waals surface area (Å²) in [5.41, 5.74) is 5.85. The fourth-order valence-electron chi connectivity index (χ4n) is 3.14. The molecule has 7 nitrogen and oxygen atoms in total. The minimum atomic E-state index is 0.167. The highest BCUT2D eigenvalue weighted by molar-refractivity contribution is 5.80. The van der Waals surface area contributed by atoms with Crippen LogP contribution in [0.3, 0.4) is 0 Å². The molecule has 1 amide bonds. The highest BCUT2D eigenvalue weighted by Gasteiger charge is 2.21. The van der Waals surface area contributed by atoms with Crippen molar-refractivity contribution in [1.29, 1.82) is 0 Å². The Bertz CT molecular complexity index is 578. The van der Waals surface area contributed by atoms with Gasteiger partial charge in [0.1, 0.15) is 5.82 Å². The summed E-state index contributed by atoms with van der Waals surface area (Å²) in [4.78, 5) is 25.2. The van der Waals surface area contributed by atoms with Gasteiger partial charge >= 0.3 is 0 Å². The summed E-state index contributed by atoms with van der Waals surface area (Å²) in [6.45, 7) is 4.46. The van der Waals surface area contributed by atoms with E-state index in [1.54, 1.807) is 6.20 Å². The number of aromatic nitrogens is 1. The Morgan fingerprint density at radius 1 is 1.28 bits per heavy atom. The summed E-state index contributed by atoms with van der Waals surface area (Å²) in [5, 5.41) is 3.05. The highest BCUT2D eigenvalue weighted by Crippen LogP contribution is 2.26. The molecular formula is C18H28N6O. The second kappa shape index (κ2) is 8.69. The molecule has 2 aliphatic rings. The van der Waals surface area contributed by atoms with E-state index in [0.717, 1.165) is 38.5 Å². The van der Waals surface area contributed by atoms with Crippen molar-refractivity contribution in [1.82, 2.24) is 15.2 Å². The number of amides is 1. The van der Waals surface area contributed by atoms with Crippen molar-refractivity contribution in [2.75, 3.05) is 44.2 Å². The van der Waals surface area contributed by atoms with E-state index in [1.165, 1.54) is 19.3 Å². The standard InChI is InChI=1S/C18H28N6O/c19-18(22-14-15-4-3-5-15)21-9-7-17(25)24-12-10-23(11-13-24)16-6-1-2-8-20-16/h1-2,6,8,15H,3-5,7,9-14H2,(H3,19,21,22). The quantitative estimate of drug-likeness (QED) is 0.589. The highest BCUT2D eigenvalue weighted by atomic mass is 16.2. The van der Waals surface area contributed by atoms with Crippen LogP contribution in [0.2, 0.25) is 0 Å². The topological polar surface area (TPSA) is 86.8 Å². The Kier molecular flexibility index (Phi) is 6.09. The molecule has 0 bridgehead atoms. The van der Waals surface area contributed by atoms with E-state index in [2.05, 4.69) is 20.2 Å². The van der Waals surface area contributed by atoms with Gasteiger partial charge in [0.25, 0.3) is 0 Å². The fraction of sp³-hybridized carbons (Fsp3) is 0.611. The van der Waals surface area contributed by atoms with Gasteiger partial charge in [0.2, 0.25) is 5.91 Å². The summed E-state index contributed by atoms with van der Waals surface area (Å²) in [6.07, 6.45) is 6.09. The normalized spacial score (nSPS) is 18.8. The molecule has 2 heterocycles. The van der Waals surface area contributed by atoms with E-state index in [0.29, 0.717) is 24.8 Å². The van der Waals surface area contributed by atoms with Gasteiger partial charge in [-0.15, -0.1) is 0 Å². The largest absolute Gasteiger partial charge is 0.370 e. The second-order valence-electron chi connectivity index (χ2n) is 6.76. The molecule has 1 aromatic heterocycles. The molecule has 1 aromatic rings. The van der Waals surface area contributed by atoms with E-state index in [-0.39, 0.29) is 5.91 Å². The fourth-order valence-corrected chi connectivity index (χ4v) is 3.14. The smallest absolute Gasteiger partial charge is 0.224 e. The summed E-state index contributed by atoms with van der Waals surface area (Å²) in [7, 11) is 0. The van der Waals surface area contributed by atoms with Crippen LogP contribution in [-0.2, 0) is 4.79 Å². The number of nitrogens with one attached hydrogen (secondary N) is 1. The maximum Gasteiger partial charge on any atom is 0.224 e. The average Bonchev–Trinajstić information content (AvgIpc) is 2.61. The molecule has 1 saturated carbocycles. The number of anilines is 1. The summed E-state index contributed by atoms with van der Waals surface area (Å²) >= 11 is 0. The zero-order valence-corrected chi connectivity index (χ0v) is 14.7. The Hall–Kier alpha value is -2.31. The Balaban J connectivity index is 1.33. The van der Waals surface area contributed by atoms with Crippen LogP contribution in [0.15, 0.2) is 29.4 Å². The van der Waals surface area contributed by atoms with Gasteiger partial charge in [-0.05, 0) is 30.9 Å². The number of nitrogens with zero attached hydrogens (tertiary/aromatic N) is 4. The lowest BCUT2D eigenvalue weighted by atomic mass is 9.86. The predicted octanol–water partition coefficient (Wildman–Crippen LogP) is 0.825. The van der Waals surface area contributed by atoms with E-state index >= 15 is 0 Å². The van der Waals surface area contributed by atoms with Crippen molar-refractivity contribution >= 4 is 17.7 Å². The Morgan fingerprint density at radius 2 is 2.08 bits per heavy atom. The molecule has 1 saturated heterocycles. The molecular weight excluding hydrogens is 316 g/mol. The van der Waals surface area contributed by atoms with Crippen LogP contribution < -0.4 is 16.0 Å². The molecule has 7 heteroatoms. The minimum absolute atomic E-state index is 0.167. The number of carbonyl (C=O) groups is 1. The molecule has 3 N–H and O–H groups in total. The number of piperazine rings is 1. The van der Waals surface area contributed by atoms with Gasteiger partial charge in [0.15, 0.2) is 5.96 Å². The van der Waals surface area contributed by atoms with E-state index in [4.69, 9.17) is 5.73 Å². The van der Waals surface area contributed by atoms with Crippen LogP contribution in [0.5, 0.6) is 0 Å². The third-order valence-electron chi connectivity index (χ3n) is 5.00. The molecule has 0 atom stereocenters. The van der Waals surface area contributed by atoms with Crippen molar-refractivity contribution in [3.05, 3.63) is 24.4 Å².